The van der Waals surface area contributed by atoms with Crippen LogP contribution in [0.2, 0.25) is 5.02 Å². The SMILES string of the molecule is CCOC(=O)C1=C(C)N=c2s/c(=C\c3ccc(OCc4ccc(C(=O)OCC)cc4)cc3)c(=O)n2[C@H]1c1ccccc1Cl. The van der Waals surface area contributed by atoms with Crippen molar-refractivity contribution < 1.29 is 23.8 Å². The van der Waals surface area contributed by atoms with Crippen LogP contribution in [0.5, 0.6) is 5.75 Å². The summed E-state index contributed by atoms with van der Waals surface area (Å²) in [6.45, 7) is 6.08. The number of rotatable bonds is 9. The summed E-state index contributed by atoms with van der Waals surface area (Å²) in [5.74, 6) is -0.234. The van der Waals surface area contributed by atoms with Gasteiger partial charge in [-0.3, -0.25) is 9.36 Å². The van der Waals surface area contributed by atoms with Crippen LogP contribution in [-0.2, 0) is 20.9 Å². The summed E-state index contributed by atoms with van der Waals surface area (Å²) in [7, 11) is 0. The lowest BCUT2D eigenvalue weighted by atomic mass is 9.96. The van der Waals surface area contributed by atoms with Crippen molar-refractivity contribution in [2.24, 2.45) is 4.99 Å². The molecule has 3 aromatic carbocycles. The first-order valence-electron chi connectivity index (χ1n) is 13.7. The number of thiazole rings is 1. The van der Waals surface area contributed by atoms with E-state index in [0.29, 0.717) is 50.1 Å². The molecule has 0 saturated heterocycles. The Morgan fingerprint density at radius 3 is 2.30 bits per heavy atom. The van der Waals surface area contributed by atoms with Gasteiger partial charge in [-0.2, -0.15) is 0 Å². The third kappa shape index (κ3) is 6.48. The summed E-state index contributed by atoms with van der Waals surface area (Å²) in [5, 5.41) is 0.434. The second kappa shape index (κ2) is 13.2. The molecule has 5 rings (SSSR count). The van der Waals surface area contributed by atoms with Gasteiger partial charge in [0.15, 0.2) is 4.80 Å². The average Bonchev–Trinajstić information content (AvgIpc) is 3.30. The van der Waals surface area contributed by atoms with Gasteiger partial charge in [0.05, 0.1) is 34.6 Å². The molecule has 0 spiro atoms. The molecule has 0 fully saturated rings. The van der Waals surface area contributed by atoms with E-state index in [4.69, 9.17) is 25.8 Å². The van der Waals surface area contributed by atoms with E-state index in [1.54, 1.807) is 57.2 Å². The Bertz CT molecular complexity index is 1870. The van der Waals surface area contributed by atoms with E-state index in [9.17, 15) is 14.4 Å². The van der Waals surface area contributed by atoms with Crippen molar-refractivity contribution >= 4 is 41.0 Å². The van der Waals surface area contributed by atoms with Crippen LogP contribution in [-0.4, -0.2) is 29.7 Å². The van der Waals surface area contributed by atoms with Gasteiger partial charge < -0.3 is 14.2 Å². The van der Waals surface area contributed by atoms with E-state index in [2.05, 4.69) is 4.99 Å². The molecule has 0 unspecified atom stereocenters. The first kappa shape index (κ1) is 30.0. The van der Waals surface area contributed by atoms with Crippen LogP contribution in [0.1, 0.15) is 53.9 Å². The van der Waals surface area contributed by atoms with Crippen molar-refractivity contribution in [2.75, 3.05) is 13.2 Å². The first-order chi connectivity index (χ1) is 20.8. The highest BCUT2D eigenvalue weighted by Crippen LogP contribution is 2.34. The Kier molecular flexibility index (Phi) is 9.23. The number of hydrogen-bond donors (Lipinski definition) is 0. The largest absolute Gasteiger partial charge is 0.489 e. The predicted octanol–water partition coefficient (Wildman–Crippen LogP) is 5.21. The molecular weight excluding hydrogens is 588 g/mol. The molecule has 2 heterocycles. The molecule has 220 valence electrons. The molecule has 1 aliphatic rings. The van der Waals surface area contributed by atoms with Gasteiger partial charge in [-0.25, -0.2) is 14.6 Å². The van der Waals surface area contributed by atoms with E-state index in [1.165, 1.54) is 15.9 Å². The van der Waals surface area contributed by atoms with E-state index in [0.717, 1.165) is 11.1 Å². The van der Waals surface area contributed by atoms with Gasteiger partial charge in [0.1, 0.15) is 18.4 Å². The molecule has 0 amide bonds. The lowest BCUT2D eigenvalue weighted by molar-refractivity contribution is -0.139. The van der Waals surface area contributed by atoms with Crippen LogP contribution < -0.4 is 19.6 Å². The number of benzene rings is 3. The second-order valence-electron chi connectivity index (χ2n) is 9.60. The number of ether oxygens (including phenoxy) is 3. The number of hydrogen-bond acceptors (Lipinski definition) is 8. The zero-order valence-electron chi connectivity index (χ0n) is 23.8. The standard InChI is InChI=1S/C33H29ClN2O6S/c1-4-40-31(38)23-14-10-22(11-15-23)19-42-24-16-12-21(13-17-24)18-27-30(37)36-29(25-8-6-7-9-26(25)34)28(32(39)41-5-2)20(3)35-33(36)43-27/h6-18,29H,4-5,19H2,1-3H3/b27-18-/t29-/m0/s1. The van der Waals surface area contributed by atoms with Crippen molar-refractivity contribution in [2.45, 2.75) is 33.4 Å². The Labute approximate surface area is 257 Å². The highest BCUT2D eigenvalue weighted by molar-refractivity contribution is 7.07. The number of allylic oxidation sites excluding steroid dienone is 1. The Hall–Kier alpha value is -4.47. The van der Waals surface area contributed by atoms with Crippen LogP contribution in [0.3, 0.4) is 0 Å². The fourth-order valence-corrected chi connectivity index (χ4v) is 6.00. The molecule has 0 radical (unpaired) electrons. The summed E-state index contributed by atoms with van der Waals surface area (Å²) < 4.78 is 18.2. The van der Waals surface area contributed by atoms with Gasteiger partial charge in [-0.1, -0.05) is 65.4 Å². The number of halogens is 1. The number of fused-ring (bicyclic) bond motifs is 1. The zero-order chi connectivity index (χ0) is 30.5. The smallest absolute Gasteiger partial charge is 0.338 e. The Morgan fingerprint density at radius 1 is 0.953 bits per heavy atom. The molecule has 0 N–H and O–H groups in total. The van der Waals surface area contributed by atoms with E-state index in [1.807, 2.05) is 42.5 Å². The normalized spacial score (nSPS) is 14.6. The molecule has 0 bridgehead atoms. The van der Waals surface area contributed by atoms with Crippen LogP contribution in [0.15, 0.2) is 93.9 Å². The predicted molar refractivity (Wildman–Crippen MR) is 165 cm³/mol. The highest BCUT2D eigenvalue weighted by Gasteiger charge is 2.34. The zero-order valence-corrected chi connectivity index (χ0v) is 25.4. The highest BCUT2D eigenvalue weighted by atomic mass is 35.5. The fourth-order valence-electron chi connectivity index (χ4n) is 4.71. The molecule has 0 saturated carbocycles. The number of carbonyl (C=O) groups is 2. The fraction of sp³-hybridized carbons (Fsp3) is 0.212. The Balaban J connectivity index is 1.41. The summed E-state index contributed by atoms with van der Waals surface area (Å²) >= 11 is 7.81. The van der Waals surface area contributed by atoms with Crippen molar-refractivity contribution in [3.05, 3.63) is 131 Å². The van der Waals surface area contributed by atoms with Crippen molar-refractivity contribution in [3.8, 4) is 5.75 Å². The van der Waals surface area contributed by atoms with Gasteiger partial charge in [0.2, 0.25) is 0 Å². The van der Waals surface area contributed by atoms with Gasteiger partial charge in [0.25, 0.3) is 5.56 Å². The van der Waals surface area contributed by atoms with Crippen molar-refractivity contribution in [1.29, 1.82) is 0 Å². The maximum absolute atomic E-state index is 13.8. The van der Waals surface area contributed by atoms with E-state index in [-0.39, 0.29) is 23.7 Å². The summed E-state index contributed by atoms with van der Waals surface area (Å²) in [6, 6.07) is 20.8. The monoisotopic (exact) mass is 616 g/mol. The first-order valence-corrected chi connectivity index (χ1v) is 14.9. The minimum Gasteiger partial charge on any atom is -0.489 e. The number of carbonyl (C=O) groups excluding carboxylic acids is 2. The molecular formula is C33H29ClN2O6S. The van der Waals surface area contributed by atoms with Crippen LogP contribution in [0, 0.1) is 0 Å². The maximum Gasteiger partial charge on any atom is 0.338 e. The minimum atomic E-state index is -0.770. The Morgan fingerprint density at radius 2 is 1.63 bits per heavy atom. The summed E-state index contributed by atoms with van der Waals surface area (Å²) in [5.41, 5.74) is 3.29. The minimum absolute atomic E-state index is 0.191. The third-order valence-corrected chi connectivity index (χ3v) is 8.09. The van der Waals surface area contributed by atoms with E-state index < -0.39 is 12.0 Å². The second-order valence-corrected chi connectivity index (χ2v) is 11.0. The molecule has 0 aliphatic carbocycles. The van der Waals surface area contributed by atoms with Crippen LogP contribution >= 0.6 is 22.9 Å². The molecule has 8 nitrogen and oxygen atoms in total. The number of esters is 2. The molecule has 1 atom stereocenters. The third-order valence-electron chi connectivity index (χ3n) is 6.77. The van der Waals surface area contributed by atoms with Gasteiger partial charge in [-0.15, -0.1) is 0 Å². The molecule has 10 heteroatoms. The summed E-state index contributed by atoms with van der Waals surface area (Å²) in [4.78, 5) is 43.7. The lowest BCUT2D eigenvalue weighted by Crippen LogP contribution is -2.40. The average molecular weight is 617 g/mol. The topological polar surface area (TPSA) is 96.2 Å². The van der Waals surface area contributed by atoms with Gasteiger partial charge in [0, 0.05) is 5.02 Å². The molecule has 1 aromatic heterocycles. The maximum atomic E-state index is 13.8. The van der Waals surface area contributed by atoms with Crippen molar-refractivity contribution in [3.63, 3.8) is 0 Å². The molecule has 1 aliphatic heterocycles. The lowest BCUT2D eigenvalue weighted by Gasteiger charge is -2.25. The summed E-state index contributed by atoms with van der Waals surface area (Å²) in [6.07, 6.45) is 1.79. The number of aromatic nitrogens is 1. The van der Waals surface area contributed by atoms with Crippen LogP contribution in [0.4, 0.5) is 0 Å². The van der Waals surface area contributed by atoms with E-state index >= 15 is 0 Å². The van der Waals surface area contributed by atoms with Crippen LogP contribution in [0.25, 0.3) is 6.08 Å². The van der Waals surface area contributed by atoms with Gasteiger partial charge in [-0.05, 0) is 73.9 Å². The van der Waals surface area contributed by atoms with Crippen molar-refractivity contribution in [1.82, 2.24) is 4.57 Å². The number of nitrogens with zero attached hydrogens (tertiary/aromatic N) is 2. The molecule has 4 aromatic rings. The quantitative estimate of drug-likeness (QED) is 0.240. The molecule has 43 heavy (non-hydrogen) atoms. The van der Waals surface area contributed by atoms with Gasteiger partial charge >= 0.3 is 11.9 Å².